The highest BCUT2D eigenvalue weighted by molar-refractivity contribution is 9.09. The Bertz CT molecular complexity index is 167. The monoisotopic (exact) mass is 234 g/mol. The van der Waals surface area contributed by atoms with Gasteiger partial charge in [-0.25, -0.2) is 0 Å². The van der Waals surface area contributed by atoms with Crippen molar-refractivity contribution in [1.29, 1.82) is 0 Å². The number of methoxy groups -OCH3 is 1. The van der Waals surface area contributed by atoms with Crippen LogP contribution in [-0.2, 0) is 4.74 Å². The quantitative estimate of drug-likeness (QED) is 0.680. The van der Waals surface area contributed by atoms with Crippen molar-refractivity contribution in [2.45, 2.75) is 39.7 Å². The minimum atomic E-state index is 0.393. The lowest BCUT2D eigenvalue weighted by molar-refractivity contribution is 0.0880. The molecule has 1 aliphatic carbocycles. The minimum absolute atomic E-state index is 0.393. The molecule has 2 unspecified atom stereocenters. The zero-order valence-corrected chi connectivity index (χ0v) is 10.1. The largest absolute Gasteiger partial charge is 0.382 e. The molecule has 0 aromatic heterocycles. The lowest BCUT2D eigenvalue weighted by Crippen LogP contribution is -2.19. The van der Waals surface area contributed by atoms with E-state index in [0.717, 1.165) is 5.33 Å². The van der Waals surface area contributed by atoms with Crippen LogP contribution >= 0.6 is 15.9 Å². The average Bonchev–Trinajstić information content (AvgIpc) is 2.54. The van der Waals surface area contributed by atoms with E-state index in [0.29, 0.717) is 16.9 Å². The predicted octanol–water partition coefficient (Wildman–Crippen LogP) is 3.22. The van der Waals surface area contributed by atoms with E-state index < -0.39 is 0 Å². The van der Waals surface area contributed by atoms with Crippen molar-refractivity contribution in [3.8, 4) is 0 Å². The number of hydrogen-bond donors (Lipinski definition) is 0. The van der Waals surface area contributed by atoms with Crippen LogP contribution in [-0.4, -0.2) is 18.5 Å². The smallest absolute Gasteiger partial charge is 0.0549 e. The highest BCUT2D eigenvalue weighted by atomic mass is 79.9. The fourth-order valence-electron chi connectivity index (χ4n) is 2.07. The van der Waals surface area contributed by atoms with Crippen molar-refractivity contribution >= 4 is 15.9 Å². The lowest BCUT2D eigenvalue weighted by Gasteiger charge is -2.21. The predicted molar refractivity (Wildman–Crippen MR) is 55.7 cm³/mol. The van der Waals surface area contributed by atoms with Crippen molar-refractivity contribution < 1.29 is 4.74 Å². The van der Waals surface area contributed by atoms with Crippen molar-refractivity contribution in [3.63, 3.8) is 0 Å². The SMILES string of the molecule is COC(C)CC1(CBr)CC1(C)C. The topological polar surface area (TPSA) is 9.23 Å². The molecule has 0 radical (unpaired) electrons. The standard InChI is InChI=1S/C10H19BrO/c1-8(12-4)5-10(7-11)6-9(10,2)3/h8H,5-7H2,1-4H3. The van der Waals surface area contributed by atoms with Crippen LogP contribution in [0.25, 0.3) is 0 Å². The molecule has 0 heterocycles. The van der Waals surface area contributed by atoms with Crippen molar-refractivity contribution in [1.82, 2.24) is 0 Å². The van der Waals surface area contributed by atoms with Crippen molar-refractivity contribution in [2.24, 2.45) is 10.8 Å². The Balaban J connectivity index is 2.50. The van der Waals surface area contributed by atoms with Gasteiger partial charge in [-0.2, -0.15) is 0 Å². The third kappa shape index (κ3) is 1.69. The van der Waals surface area contributed by atoms with E-state index in [4.69, 9.17) is 4.74 Å². The molecule has 2 atom stereocenters. The molecule has 0 aliphatic heterocycles. The van der Waals surface area contributed by atoms with E-state index in [9.17, 15) is 0 Å². The number of ether oxygens (including phenoxy) is 1. The molecule has 0 aromatic carbocycles. The highest BCUT2D eigenvalue weighted by Crippen LogP contribution is 2.66. The first-order chi connectivity index (χ1) is 5.47. The highest BCUT2D eigenvalue weighted by Gasteiger charge is 2.60. The first-order valence-electron chi connectivity index (χ1n) is 4.56. The summed E-state index contributed by atoms with van der Waals surface area (Å²) in [5, 5.41) is 1.11. The summed E-state index contributed by atoms with van der Waals surface area (Å²) in [5.41, 5.74) is 1.02. The summed E-state index contributed by atoms with van der Waals surface area (Å²) in [6.07, 6.45) is 2.91. The molecule has 2 heteroatoms. The summed E-state index contributed by atoms with van der Waals surface area (Å²) >= 11 is 3.61. The fraction of sp³-hybridized carbons (Fsp3) is 1.00. The Morgan fingerprint density at radius 3 is 2.25 bits per heavy atom. The molecular formula is C10H19BrO. The van der Waals surface area contributed by atoms with E-state index in [-0.39, 0.29) is 0 Å². The van der Waals surface area contributed by atoms with E-state index >= 15 is 0 Å². The van der Waals surface area contributed by atoms with Gasteiger partial charge >= 0.3 is 0 Å². The maximum Gasteiger partial charge on any atom is 0.0549 e. The van der Waals surface area contributed by atoms with Crippen LogP contribution in [0.4, 0.5) is 0 Å². The van der Waals surface area contributed by atoms with Gasteiger partial charge in [0.05, 0.1) is 6.10 Å². The number of halogens is 1. The van der Waals surface area contributed by atoms with Crippen LogP contribution in [0.15, 0.2) is 0 Å². The molecule has 0 spiro atoms. The maximum atomic E-state index is 5.30. The summed E-state index contributed by atoms with van der Waals surface area (Å²) < 4.78 is 5.30. The maximum absolute atomic E-state index is 5.30. The molecular weight excluding hydrogens is 216 g/mol. The Morgan fingerprint density at radius 2 is 2.00 bits per heavy atom. The van der Waals surface area contributed by atoms with Gasteiger partial charge in [-0.15, -0.1) is 0 Å². The van der Waals surface area contributed by atoms with Gasteiger partial charge in [-0.3, -0.25) is 0 Å². The third-order valence-corrected chi connectivity index (χ3v) is 4.50. The number of alkyl halides is 1. The van der Waals surface area contributed by atoms with Crippen LogP contribution in [0.1, 0.15) is 33.6 Å². The van der Waals surface area contributed by atoms with Crippen molar-refractivity contribution in [3.05, 3.63) is 0 Å². The van der Waals surface area contributed by atoms with E-state index in [2.05, 4.69) is 36.7 Å². The summed E-state index contributed by atoms with van der Waals surface area (Å²) in [5.74, 6) is 0. The Labute approximate surface area is 84.0 Å². The molecule has 0 saturated heterocycles. The van der Waals surface area contributed by atoms with E-state index in [1.165, 1.54) is 12.8 Å². The Kier molecular flexibility index (Phi) is 2.89. The molecule has 0 amide bonds. The second kappa shape index (κ2) is 3.30. The number of rotatable bonds is 4. The molecule has 1 nitrogen and oxygen atoms in total. The van der Waals surface area contributed by atoms with Gasteiger partial charge in [0.1, 0.15) is 0 Å². The molecule has 1 saturated carbocycles. The van der Waals surface area contributed by atoms with Gasteiger partial charge in [0, 0.05) is 12.4 Å². The first kappa shape index (κ1) is 10.5. The molecule has 12 heavy (non-hydrogen) atoms. The van der Waals surface area contributed by atoms with Crippen LogP contribution in [0, 0.1) is 10.8 Å². The van der Waals surface area contributed by atoms with Gasteiger partial charge in [-0.05, 0) is 30.6 Å². The fourth-order valence-corrected chi connectivity index (χ4v) is 3.25. The minimum Gasteiger partial charge on any atom is -0.382 e. The molecule has 1 aliphatic rings. The van der Waals surface area contributed by atoms with Crippen LogP contribution < -0.4 is 0 Å². The van der Waals surface area contributed by atoms with Crippen molar-refractivity contribution in [2.75, 3.05) is 12.4 Å². The average molecular weight is 235 g/mol. The van der Waals surface area contributed by atoms with Gasteiger partial charge in [-0.1, -0.05) is 29.8 Å². The first-order valence-corrected chi connectivity index (χ1v) is 5.68. The second-order valence-electron chi connectivity index (χ2n) is 4.73. The lowest BCUT2D eigenvalue weighted by atomic mass is 9.92. The molecule has 0 N–H and O–H groups in total. The summed E-state index contributed by atoms with van der Waals surface area (Å²) in [7, 11) is 1.79. The van der Waals surface area contributed by atoms with Crippen LogP contribution in [0.5, 0.6) is 0 Å². The molecule has 1 fully saturated rings. The van der Waals surface area contributed by atoms with Gasteiger partial charge in [0.25, 0.3) is 0 Å². The zero-order valence-electron chi connectivity index (χ0n) is 8.48. The van der Waals surface area contributed by atoms with E-state index in [1.54, 1.807) is 7.11 Å². The van der Waals surface area contributed by atoms with Gasteiger partial charge < -0.3 is 4.74 Å². The summed E-state index contributed by atoms with van der Waals surface area (Å²) in [6, 6.07) is 0. The van der Waals surface area contributed by atoms with Crippen LogP contribution in [0.3, 0.4) is 0 Å². The molecule has 72 valence electrons. The molecule has 0 bridgehead atoms. The second-order valence-corrected chi connectivity index (χ2v) is 5.29. The molecule has 1 rings (SSSR count). The Morgan fingerprint density at radius 1 is 1.50 bits per heavy atom. The van der Waals surface area contributed by atoms with Crippen LogP contribution in [0.2, 0.25) is 0 Å². The van der Waals surface area contributed by atoms with E-state index in [1.807, 2.05) is 0 Å². The van der Waals surface area contributed by atoms with Gasteiger partial charge in [0.15, 0.2) is 0 Å². The molecule has 0 aromatic rings. The van der Waals surface area contributed by atoms with Gasteiger partial charge in [0.2, 0.25) is 0 Å². The summed E-state index contributed by atoms with van der Waals surface area (Å²) in [6.45, 7) is 6.84. The zero-order chi connectivity index (χ0) is 9.41. The Hall–Kier alpha value is 0.440. The normalized spacial score (nSPS) is 34.8. The summed E-state index contributed by atoms with van der Waals surface area (Å²) in [4.78, 5) is 0. The number of hydrogen-bond acceptors (Lipinski definition) is 1. The third-order valence-electron chi connectivity index (χ3n) is 3.43.